The molecule has 2 N–H and O–H groups in total. The van der Waals surface area contributed by atoms with Gasteiger partial charge in [0.2, 0.25) is 0 Å². The number of carboxylic acids is 1. The third-order valence-corrected chi connectivity index (χ3v) is 3.06. The van der Waals surface area contributed by atoms with Crippen molar-refractivity contribution in [3.8, 4) is 0 Å². The summed E-state index contributed by atoms with van der Waals surface area (Å²) in [4.78, 5) is 11.3. The van der Waals surface area contributed by atoms with Crippen molar-refractivity contribution in [3.05, 3.63) is 29.3 Å². The van der Waals surface area contributed by atoms with Crippen LogP contribution in [0.5, 0.6) is 0 Å². The molecule has 0 heterocycles. The molecule has 0 aromatic heterocycles. The molecule has 4 heteroatoms. The van der Waals surface area contributed by atoms with Gasteiger partial charge in [0, 0.05) is 4.90 Å². The number of aliphatic carboxylic acids is 1. The van der Waals surface area contributed by atoms with Crippen LogP contribution in [-0.4, -0.2) is 21.9 Å². The van der Waals surface area contributed by atoms with E-state index in [1.54, 1.807) is 0 Å². The summed E-state index contributed by atoms with van der Waals surface area (Å²) in [5, 5.41) is 17.5. The molecule has 0 amide bonds. The summed E-state index contributed by atoms with van der Waals surface area (Å²) in [6.07, 6.45) is 0. The lowest BCUT2D eigenvalue weighted by Gasteiger charge is -2.07. The number of hydrogen-bond acceptors (Lipinski definition) is 3. The molecule has 1 rings (SSSR count). The first kappa shape index (κ1) is 21.3. The highest BCUT2D eigenvalue weighted by Gasteiger charge is 2.05. The number of carbonyl (C=O) groups is 1. The molecule has 0 saturated heterocycles. The highest BCUT2D eigenvalue weighted by Crippen LogP contribution is 2.24. The largest absolute Gasteiger partial charge is 0.481 e. The van der Waals surface area contributed by atoms with Gasteiger partial charge in [-0.25, -0.2) is 0 Å². The van der Waals surface area contributed by atoms with E-state index >= 15 is 0 Å². The summed E-state index contributed by atoms with van der Waals surface area (Å²) in [7, 11) is 0. The maximum atomic E-state index is 10.4. The van der Waals surface area contributed by atoms with Crippen molar-refractivity contribution in [1.82, 2.24) is 0 Å². The lowest BCUT2D eigenvalue weighted by molar-refractivity contribution is -0.133. The molecule has 0 radical (unpaired) electrons. The van der Waals surface area contributed by atoms with Crippen molar-refractivity contribution < 1.29 is 15.0 Å². The van der Waals surface area contributed by atoms with E-state index in [0.717, 1.165) is 21.9 Å². The van der Waals surface area contributed by atoms with Gasteiger partial charge in [0.05, 0.1) is 12.4 Å². The highest BCUT2D eigenvalue weighted by atomic mass is 32.2. The van der Waals surface area contributed by atoms with Gasteiger partial charge in [-0.15, -0.1) is 11.8 Å². The van der Waals surface area contributed by atoms with Crippen molar-refractivity contribution in [2.24, 2.45) is 5.92 Å². The zero-order valence-electron chi connectivity index (χ0n) is 13.4. The Morgan fingerprint density at radius 1 is 1.25 bits per heavy atom. The van der Waals surface area contributed by atoms with E-state index in [4.69, 9.17) is 10.2 Å². The summed E-state index contributed by atoms with van der Waals surface area (Å²) in [5.74, 6) is 0.0548. The zero-order chi connectivity index (χ0) is 16.1. The molecule has 0 fully saturated rings. The number of hydrogen-bond donors (Lipinski definition) is 2. The minimum absolute atomic E-state index is 0.00664. The Kier molecular flexibility index (Phi) is 13.9. The first-order valence-electron chi connectivity index (χ1n) is 6.92. The predicted molar refractivity (Wildman–Crippen MR) is 87.3 cm³/mol. The summed E-state index contributed by atoms with van der Waals surface area (Å²) >= 11 is 1.27. The second kappa shape index (κ2) is 13.0. The van der Waals surface area contributed by atoms with Gasteiger partial charge in [-0.2, -0.15) is 0 Å². The van der Waals surface area contributed by atoms with E-state index in [9.17, 15) is 4.79 Å². The molecule has 20 heavy (non-hydrogen) atoms. The van der Waals surface area contributed by atoms with Gasteiger partial charge in [-0.1, -0.05) is 46.8 Å². The van der Waals surface area contributed by atoms with Gasteiger partial charge in [0.25, 0.3) is 0 Å². The molecule has 3 nitrogen and oxygen atoms in total. The monoisotopic (exact) mass is 300 g/mol. The number of thioether (sulfide) groups is 1. The topological polar surface area (TPSA) is 57.5 Å². The number of aliphatic hydroxyl groups is 1. The van der Waals surface area contributed by atoms with E-state index < -0.39 is 5.97 Å². The van der Waals surface area contributed by atoms with Crippen molar-refractivity contribution in [2.75, 3.05) is 5.75 Å². The van der Waals surface area contributed by atoms with Crippen LogP contribution in [-0.2, 0) is 11.4 Å². The average molecular weight is 300 g/mol. The van der Waals surface area contributed by atoms with Crippen molar-refractivity contribution in [2.45, 2.75) is 53.0 Å². The number of rotatable bonds is 4. The van der Waals surface area contributed by atoms with Crippen LogP contribution in [0.1, 0.15) is 45.7 Å². The molecule has 0 aliphatic carbocycles. The van der Waals surface area contributed by atoms with Crippen LogP contribution in [0.25, 0.3) is 0 Å². The van der Waals surface area contributed by atoms with Gasteiger partial charge in [-0.05, 0) is 30.0 Å². The van der Waals surface area contributed by atoms with Gasteiger partial charge in [-0.3, -0.25) is 4.79 Å². The number of aliphatic hydroxyl groups excluding tert-OH is 1. The van der Waals surface area contributed by atoms with E-state index in [1.165, 1.54) is 11.8 Å². The van der Waals surface area contributed by atoms with Gasteiger partial charge in [0.15, 0.2) is 0 Å². The second-order valence-electron chi connectivity index (χ2n) is 4.61. The SMILES string of the molecule is CC.CC(C)C.Cc1c(CO)cccc1SCC(=O)O. The van der Waals surface area contributed by atoms with Crippen molar-refractivity contribution in [1.29, 1.82) is 0 Å². The predicted octanol–water partition coefficient (Wildman–Crippen LogP) is 4.35. The number of benzene rings is 1. The molecule has 0 bridgehead atoms. The Hall–Kier alpha value is -1.00. The minimum atomic E-state index is -0.830. The zero-order valence-corrected chi connectivity index (χ0v) is 14.3. The molecule has 116 valence electrons. The fraction of sp³-hybridized carbons (Fsp3) is 0.562. The van der Waals surface area contributed by atoms with Crippen LogP contribution >= 0.6 is 11.8 Å². The maximum absolute atomic E-state index is 10.4. The summed E-state index contributed by atoms with van der Waals surface area (Å²) < 4.78 is 0. The minimum Gasteiger partial charge on any atom is -0.481 e. The average Bonchev–Trinajstić information content (AvgIpc) is 2.39. The Labute approximate surface area is 127 Å². The van der Waals surface area contributed by atoms with Crippen LogP contribution in [0, 0.1) is 12.8 Å². The first-order valence-corrected chi connectivity index (χ1v) is 7.91. The smallest absolute Gasteiger partial charge is 0.313 e. The normalized spacial score (nSPS) is 9.20. The third kappa shape index (κ3) is 10.9. The van der Waals surface area contributed by atoms with Crippen LogP contribution < -0.4 is 0 Å². The van der Waals surface area contributed by atoms with Gasteiger partial charge < -0.3 is 10.2 Å². The molecule has 0 atom stereocenters. The van der Waals surface area contributed by atoms with E-state index in [0.29, 0.717) is 0 Å². The van der Waals surface area contributed by atoms with E-state index in [-0.39, 0.29) is 12.4 Å². The molecule has 1 aromatic rings. The Balaban J connectivity index is 0. The van der Waals surface area contributed by atoms with Crippen LogP contribution in [0.4, 0.5) is 0 Å². The summed E-state index contributed by atoms with van der Waals surface area (Å²) in [6.45, 7) is 12.4. The van der Waals surface area contributed by atoms with Crippen LogP contribution in [0.3, 0.4) is 0 Å². The molecular weight excluding hydrogens is 272 g/mol. The first-order chi connectivity index (χ1) is 9.38. The van der Waals surface area contributed by atoms with Crippen LogP contribution in [0.2, 0.25) is 0 Å². The number of carboxylic acid groups (broad SMARTS) is 1. The van der Waals surface area contributed by atoms with E-state index in [2.05, 4.69) is 20.8 Å². The molecule has 0 aliphatic heterocycles. The van der Waals surface area contributed by atoms with Gasteiger partial charge in [0.1, 0.15) is 0 Å². The molecule has 0 unspecified atom stereocenters. The molecular formula is C16H28O3S. The second-order valence-corrected chi connectivity index (χ2v) is 5.63. The Morgan fingerprint density at radius 2 is 1.75 bits per heavy atom. The lowest BCUT2D eigenvalue weighted by Crippen LogP contribution is -1.99. The highest BCUT2D eigenvalue weighted by molar-refractivity contribution is 8.00. The molecule has 0 saturated carbocycles. The standard InChI is InChI=1S/C10H12O3S.C4H10.C2H6/c1-7-8(5-11)3-2-4-9(7)14-6-10(12)13;1-4(2)3;1-2/h2-4,11H,5-6H2,1H3,(H,12,13);4H,1-3H3;1-2H3. The molecule has 0 spiro atoms. The van der Waals surface area contributed by atoms with Gasteiger partial charge >= 0.3 is 5.97 Å². The summed E-state index contributed by atoms with van der Waals surface area (Å²) in [6, 6.07) is 5.52. The lowest BCUT2D eigenvalue weighted by atomic mass is 10.1. The fourth-order valence-corrected chi connectivity index (χ4v) is 1.93. The fourth-order valence-electron chi connectivity index (χ4n) is 1.13. The maximum Gasteiger partial charge on any atom is 0.313 e. The van der Waals surface area contributed by atoms with Crippen molar-refractivity contribution >= 4 is 17.7 Å². The van der Waals surface area contributed by atoms with Crippen molar-refractivity contribution in [3.63, 3.8) is 0 Å². The summed E-state index contributed by atoms with van der Waals surface area (Å²) in [5.41, 5.74) is 1.81. The molecule has 0 aliphatic rings. The van der Waals surface area contributed by atoms with E-state index in [1.807, 2.05) is 39.0 Å². The Bertz CT molecular complexity index is 373. The Morgan fingerprint density at radius 3 is 2.15 bits per heavy atom. The quantitative estimate of drug-likeness (QED) is 0.812. The van der Waals surface area contributed by atoms with Crippen LogP contribution in [0.15, 0.2) is 23.1 Å². The molecule has 1 aromatic carbocycles. The third-order valence-electron chi connectivity index (χ3n) is 1.92.